The molecule has 0 unspecified atom stereocenters. The smallest absolute Gasteiger partial charge is 0.399 e. The summed E-state index contributed by atoms with van der Waals surface area (Å²) >= 11 is 0. The third-order valence-corrected chi connectivity index (χ3v) is 6.05. The van der Waals surface area contributed by atoms with Crippen LogP contribution in [0.15, 0.2) is 48.5 Å². The average molecular weight is 462 g/mol. The molecule has 2 amide bonds. The summed E-state index contributed by atoms with van der Waals surface area (Å²) in [5, 5.41) is 2.42. The van der Waals surface area contributed by atoms with E-state index in [1.807, 2.05) is 27.7 Å². The molecule has 1 aliphatic rings. The van der Waals surface area contributed by atoms with Crippen LogP contribution in [0.5, 0.6) is 0 Å². The van der Waals surface area contributed by atoms with Gasteiger partial charge in [0.2, 0.25) is 5.91 Å². The zero-order chi connectivity index (χ0) is 24.6. The van der Waals surface area contributed by atoms with E-state index in [1.165, 1.54) is 6.07 Å². The first-order valence-corrected chi connectivity index (χ1v) is 10.4. The molecule has 10 heteroatoms. The van der Waals surface area contributed by atoms with Crippen molar-refractivity contribution in [2.24, 2.45) is 5.73 Å². The van der Waals surface area contributed by atoms with Crippen molar-refractivity contribution in [3.63, 3.8) is 0 Å². The van der Waals surface area contributed by atoms with Gasteiger partial charge in [0.15, 0.2) is 0 Å². The molecule has 0 bridgehead atoms. The second kappa shape index (κ2) is 8.83. The van der Waals surface area contributed by atoms with Crippen LogP contribution in [-0.2, 0) is 26.7 Å². The minimum absolute atomic E-state index is 0.0731. The molecule has 0 radical (unpaired) electrons. The van der Waals surface area contributed by atoms with E-state index in [0.29, 0.717) is 5.56 Å². The molecule has 2 aromatic rings. The number of benzene rings is 2. The Morgan fingerprint density at radius 1 is 1.03 bits per heavy atom. The van der Waals surface area contributed by atoms with Crippen LogP contribution in [0, 0.1) is 0 Å². The van der Waals surface area contributed by atoms with Gasteiger partial charge in [0.25, 0.3) is 5.91 Å². The van der Waals surface area contributed by atoms with Crippen molar-refractivity contribution < 1.29 is 32.1 Å². The van der Waals surface area contributed by atoms with Gasteiger partial charge in [-0.25, -0.2) is 0 Å². The third-order valence-electron chi connectivity index (χ3n) is 6.05. The Morgan fingerprint density at radius 3 is 2.12 bits per heavy atom. The average Bonchev–Trinajstić information content (AvgIpc) is 2.94. The molecule has 0 spiro atoms. The lowest BCUT2D eigenvalue weighted by molar-refractivity contribution is -0.137. The van der Waals surface area contributed by atoms with Crippen LogP contribution in [0.25, 0.3) is 0 Å². The standard InChI is InChI=1S/C23H26BF3N2O4/c1-21(2)22(3,4)33-24(32-21)17-10-8-14(9-11-17)12-18(19(28)30)29-20(31)15-6-5-7-16(13-15)23(25,26)27/h5-11,13,18H,12H2,1-4H3,(H2,28,30)(H,29,31)/t18-/m1/s1. The van der Waals surface area contributed by atoms with Gasteiger partial charge in [-0.15, -0.1) is 0 Å². The number of primary amides is 1. The maximum Gasteiger partial charge on any atom is 0.494 e. The Hall–Kier alpha value is -2.85. The Balaban J connectivity index is 1.69. The molecule has 0 aromatic heterocycles. The first-order chi connectivity index (χ1) is 15.2. The number of hydrogen-bond donors (Lipinski definition) is 2. The van der Waals surface area contributed by atoms with Crippen molar-refractivity contribution in [3.8, 4) is 0 Å². The summed E-state index contributed by atoms with van der Waals surface area (Å²) in [6.45, 7) is 7.80. The third kappa shape index (κ3) is 5.56. The lowest BCUT2D eigenvalue weighted by Crippen LogP contribution is -2.46. The lowest BCUT2D eigenvalue weighted by Gasteiger charge is -2.32. The van der Waals surface area contributed by atoms with Crippen molar-refractivity contribution in [2.45, 2.75) is 57.5 Å². The number of nitrogens with one attached hydrogen (secondary N) is 1. The molecular weight excluding hydrogens is 436 g/mol. The maximum absolute atomic E-state index is 12.9. The topological polar surface area (TPSA) is 90.6 Å². The van der Waals surface area contributed by atoms with Gasteiger partial charge in [-0.1, -0.05) is 30.3 Å². The predicted octanol–water partition coefficient (Wildman–Crippen LogP) is 2.83. The second-order valence-corrected chi connectivity index (χ2v) is 9.04. The molecule has 0 aliphatic carbocycles. The SMILES string of the molecule is CC1(C)OB(c2ccc(C[C@@H](NC(=O)c3cccc(C(F)(F)F)c3)C(N)=O)cc2)OC1(C)C. The summed E-state index contributed by atoms with van der Waals surface area (Å²) in [4.78, 5) is 24.4. The molecule has 2 aromatic carbocycles. The number of hydrogen-bond acceptors (Lipinski definition) is 4. The predicted molar refractivity (Wildman–Crippen MR) is 118 cm³/mol. The first kappa shape index (κ1) is 24.8. The van der Waals surface area contributed by atoms with E-state index in [-0.39, 0.29) is 12.0 Å². The number of halogens is 3. The molecule has 3 N–H and O–H groups in total. The van der Waals surface area contributed by atoms with Gasteiger partial charge in [0.1, 0.15) is 6.04 Å². The molecule has 6 nitrogen and oxygen atoms in total. The summed E-state index contributed by atoms with van der Waals surface area (Å²) in [6.07, 6.45) is -4.51. The Labute approximate surface area is 190 Å². The van der Waals surface area contributed by atoms with Gasteiger partial charge in [-0.05, 0) is 56.9 Å². The van der Waals surface area contributed by atoms with Gasteiger partial charge in [-0.2, -0.15) is 13.2 Å². The van der Waals surface area contributed by atoms with Crippen molar-refractivity contribution in [2.75, 3.05) is 0 Å². The van der Waals surface area contributed by atoms with Crippen molar-refractivity contribution in [1.29, 1.82) is 0 Å². The van der Waals surface area contributed by atoms with Gasteiger partial charge < -0.3 is 20.4 Å². The van der Waals surface area contributed by atoms with Gasteiger partial charge in [-0.3, -0.25) is 9.59 Å². The highest BCUT2D eigenvalue weighted by atomic mass is 19.4. The zero-order valence-electron chi connectivity index (χ0n) is 18.8. The maximum atomic E-state index is 12.9. The fraction of sp³-hybridized carbons (Fsp3) is 0.391. The molecule has 0 saturated carbocycles. The van der Waals surface area contributed by atoms with E-state index < -0.39 is 47.9 Å². The van der Waals surface area contributed by atoms with E-state index in [1.54, 1.807) is 24.3 Å². The Kier molecular flexibility index (Phi) is 6.63. The summed E-state index contributed by atoms with van der Waals surface area (Å²) in [5.41, 5.74) is 4.78. The number of rotatable bonds is 6. The number of alkyl halides is 3. The molecule has 33 heavy (non-hydrogen) atoms. The highest BCUT2D eigenvalue weighted by Crippen LogP contribution is 2.36. The molecule has 1 saturated heterocycles. The van der Waals surface area contributed by atoms with Gasteiger partial charge >= 0.3 is 13.3 Å². The fourth-order valence-electron chi connectivity index (χ4n) is 3.33. The Morgan fingerprint density at radius 2 is 1.61 bits per heavy atom. The van der Waals surface area contributed by atoms with E-state index in [0.717, 1.165) is 23.7 Å². The number of carbonyl (C=O) groups excluding carboxylic acids is 2. The number of nitrogens with two attached hydrogens (primary N) is 1. The monoisotopic (exact) mass is 462 g/mol. The summed E-state index contributed by atoms with van der Waals surface area (Å²) in [6, 6.07) is 9.97. The van der Waals surface area contributed by atoms with Gasteiger partial charge in [0.05, 0.1) is 16.8 Å². The van der Waals surface area contributed by atoms with Crippen LogP contribution >= 0.6 is 0 Å². The summed E-state index contributed by atoms with van der Waals surface area (Å²) < 4.78 is 50.8. The molecule has 1 atom stereocenters. The number of amides is 2. The molecular formula is C23H26BF3N2O4. The van der Waals surface area contributed by atoms with E-state index in [2.05, 4.69) is 5.32 Å². The van der Waals surface area contributed by atoms with Gasteiger partial charge in [0, 0.05) is 12.0 Å². The van der Waals surface area contributed by atoms with Crippen molar-refractivity contribution in [1.82, 2.24) is 5.32 Å². The minimum Gasteiger partial charge on any atom is -0.399 e. The Bertz CT molecular complexity index is 1020. The molecule has 1 aliphatic heterocycles. The van der Waals surface area contributed by atoms with E-state index >= 15 is 0 Å². The number of carbonyl (C=O) groups is 2. The van der Waals surface area contributed by atoms with Crippen LogP contribution in [0.3, 0.4) is 0 Å². The van der Waals surface area contributed by atoms with E-state index in [4.69, 9.17) is 15.0 Å². The minimum atomic E-state index is -4.59. The first-order valence-electron chi connectivity index (χ1n) is 10.4. The van der Waals surface area contributed by atoms with Crippen LogP contribution < -0.4 is 16.5 Å². The van der Waals surface area contributed by atoms with Crippen molar-refractivity contribution in [3.05, 3.63) is 65.2 Å². The van der Waals surface area contributed by atoms with Crippen LogP contribution in [0.4, 0.5) is 13.2 Å². The second-order valence-electron chi connectivity index (χ2n) is 9.04. The van der Waals surface area contributed by atoms with Crippen molar-refractivity contribution >= 4 is 24.4 Å². The lowest BCUT2D eigenvalue weighted by atomic mass is 9.78. The highest BCUT2D eigenvalue weighted by molar-refractivity contribution is 6.62. The molecule has 3 rings (SSSR count). The summed E-state index contributed by atoms with van der Waals surface area (Å²) in [7, 11) is -0.545. The summed E-state index contributed by atoms with van der Waals surface area (Å²) in [5.74, 6) is -1.62. The molecule has 1 fully saturated rings. The highest BCUT2D eigenvalue weighted by Gasteiger charge is 2.51. The molecule has 176 valence electrons. The zero-order valence-corrected chi connectivity index (χ0v) is 18.8. The van der Waals surface area contributed by atoms with Crippen LogP contribution in [0.2, 0.25) is 0 Å². The quantitative estimate of drug-likeness (QED) is 0.647. The van der Waals surface area contributed by atoms with Crippen LogP contribution in [-0.4, -0.2) is 36.2 Å². The largest absolute Gasteiger partial charge is 0.494 e. The van der Waals surface area contributed by atoms with Crippen LogP contribution in [0.1, 0.15) is 49.2 Å². The molecule has 1 heterocycles. The van der Waals surface area contributed by atoms with E-state index in [9.17, 15) is 22.8 Å². The normalized spacial score (nSPS) is 18.1. The fourth-order valence-corrected chi connectivity index (χ4v) is 3.33.